The van der Waals surface area contributed by atoms with Gasteiger partial charge in [-0.15, -0.1) is 0 Å². The van der Waals surface area contributed by atoms with Crippen LogP contribution in [0.25, 0.3) is 0 Å². The van der Waals surface area contributed by atoms with E-state index >= 15 is 0 Å². The zero-order valence-corrected chi connectivity index (χ0v) is 10.6. The molecule has 1 atom stereocenters. The maximum atomic E-state index is 11.1. The third-order valence-electron chi connectivity index (χ3n) is 2.93. The summed E-state index contributed by atoms with van der Waals surface area (Å²) >= 11 is 0. The van der Waals surface area contributed by atoms with E-state index in [4.69, 9.17) is 5.11 Å². The zero-order chi connectivity index (χ0) is 12.7. The van der Waals surface area contributed by atoms with E-state index in [0.29, 0.717) is 6.54 Å². The Kier molecular flexibility index (Phi) is 5.70. The normalized spacial score (nSPS) is 12.6. The molecule has 1 aromatic carbocycles. The number of nitrogens with zero attached hydrogens (tertiary/aromatic N) is 1. The van der Waals surface area contributed by atoms with Gasteiger partial charge in [-0.25, -0.2) is 0 Å². The number of rotatable bonds is 7. The fourth-order valence-electron chi connectivity index (χ4n) is 1.74. The van der Waals surface area contributed by atoms with Crippen molar-refractivity contribution in [2.24, 2.45) is 0 Å². The predicted octanol–water partition coefficient (Wildman–Crippen LogP) is 2.76. The van der Waals surface area contributed by atoms with Crippen LogP contribution in [0, 0.1) is 0 Å². The standard InChI is InChI=1S/C14H21NO2/c1-3-4-10-15(12(2)14(16)17)11-13-8-6-5-7-9-13/h5-9,12H,3-4,10-11H2,1-2H3,(H,16,17)/t12-/m0/s1. The minimum Gasteiger partial charge on any atom is -0.480 e. The van der Waals surface area contributed by atoms with Gasteiger partial charge in [0.05, 0.1) is 0 Å². The average molecular weight is 235 g/mol. The van der Waals surface area contributed by atoms with Crippen molar-refractivity contribution in [2.45, 2.75) is 39.3 Å². The van der Waals surface area contributed by atoms with Crippen LogP contribution in [0.4, 0.5) is 0 Å². The second kappa shape index (κ2) is 7.07. The van der Waals surface area contributed by atoms with Gasteiger partial charge < -0.3 is 5.11 Å². The number of carbonyl (C=O) groups is 1. The molecule has 3 nitrogen and oxygen atoms in total. The van der Waals surface area contributed by atoms with Crippen LogP contribution in [0.15, 0.2) is 30.3 Å². The van der Waals surface area contributed by atoms with Crippen LogP contribution in [-0.4, -0.2) is 28.6 Å². The van der Waals surface area contributed by atoms with Crippen molar-refractivity contribution in [1.82, 2.24) is 4.90 Å². The number of carboxylic acids is 1. The Morgan fingerprint density at radius 1 is 1.35 bits per heavy atom. The van der Waals surface area contributed by atoms with Gasteiger partial charge in [0.1, 0.15) is 6.04 Å². The van der Waals surface area contributed by atoms with Crippen LogP contribution in [0.2, 0.25) is 0 Å². The molecule has 3 heteroatoms. The molecule has 0 aliphatic carbocycles. The van der Waals surface area contributed by atoms with Crippen molar-refractivity contribution in [3.05, 3.63) is 35.9 Å². The van der Waals surface area contributed by atoms with Gasteiger partial charge >= 0.3 is 5.97 Å². The highest BCUT2D eigenvalue weighted by Gasteiger charge is 2.19. The van der Waals surface area contributed by atoms with E-state index in [9.17, 15) is 4.79 Å². The Morgan fingerprint density at radius 2 is 2.00 bits per heavy atom. The van der Waals surface area contributed by atoms with Crippen molar-refractivity contribution in [3.63, 3.8) is 0 Å². The molecule has 0 saturated heterocycles. The second-order valence-corrected chi connectivity index (χ2v) is 4.32. The Hall–Kier alpha value is -1.35. The van der Waals surface area contributed by atoms with Crippen molar-refractivity contribution < 1.29 is 9.90 Å². The number of benzene rings is 1. The van der Waals surface area contributed by atoms with Gasteiger partial charge in [-0.3, -0.25) is 9.69 Å². The summed E-state index contributed by atoms with van der Waals surface area (Å²) in [5.41, 5.74) is 1.16. The summed E-state index contributed by atoms with van der Waals surface area (Å²) in [5.74, 6) is -0.753. The highest BCUT2D eigenvalue weighted by molar-refractivity contribution is 5.72. The molecular weight excluding hydrogens is 214 g/mol. The molecule has 0 amide bonds. The topological polar surface area (TPSA) is 40.5 Å². The summed E-state index contributed by atoms with van der Waals surface area (Å²) in [6, 6.07) is 9.58. The highest BCUT2D eigenvalue weighted by Crippen LogP contribution is 2.10. The SMILES string of the molecule is CCCCN(Cc1ccccc1)[C@@H](C)C(=O)O. The molecule has 1 rings (SSSR count). The van der Waals surface area contributed by atoms with Gasteiger partial charge in [0.2, 0.25) is 0 Å². The quantitative estimate of drug-likeness (QED) is 0.790. The molecule has 1 N–H and O–H groups in total. The summed E-state index contributed by atoms with van der Waals surface area (Å²) in [6.07, 6.45) is 2.11. The Balaban J connectivity index is 2.66. The Bertz CT molecular complexity index is 337. The molecule has 1 aromatic rings. The van der Waals surface area contributed by atoms with Gasteiger partial charge in [0.25, 0.3) is 0 Å². The molecular formula is C14H21NO2. The van der Waals surface area contributed by atoms with Crippen molar-refractivity contribution in [3.8, 4) is 0 Å². The number of hydrogen-bond donors (Lipinski definition) is 1. The lowest BCUT2D eigenvalue weighted by Gasteiger charge is -2.26. The molecule has 0 heterocycles. The van der Waals surface area contributed by atoms with E-state index in [0.717, 1.165) is 24.9 Å². The maximum Gasteiger partial charge on any atom is 0.320 e. The van der Waals surface area contributed by atoms with Gasteiger partial charge in [-0.2, -0.15) is 0 Å². The van der Waals surface area contributed by atoms with Crippen molar-refractivity contribution in [2.75, 3.05) is 6.54 Å². The number of hydrogen-bond acceptors (Lipinski definition) is 2. The van der Waals surface area contributed by atoms with E-state index < -0.39 is 12.0 Å². The third-order valence-corrected chi connectivity index (χ3v) is 2.93. The molecule has 0 bridgehead atoms. The van der Waals surface area contributed by atoms with E-state index in [1.165, 1.54) is 0 Å². The molecule has 0 fully saturated rings. The molecule has 0 spiro atoms. The summed E-state index contributed by atoms with van der Waals surface area (Å²) in [4.78, 5) is 13.1. The molecule has 94 valence electrons. The van der Waals surface area contributed by atoms with E-state index in [2.05, 4.69) is 6.92 Å². The van der Waals surface area contributed by atoms with Gasteiger partial charge in [0.15, 0.2) is 0 Å². The summed E-state index contributed by atoms with van der Waals surface area (Å²) in [6.45, 7) is 5.40. The first kappa shape index (κ1) is 13.7. The van der Waals surface area contributed by atoms with Gasteiger partial charge in [0, 0.05) is 6.54 Å². The minimum absolute atomic E-state index is 0.429. The zero-order valence-electron chi connectivity index (χ0n) is 10.6. The Morgan fingerprint density at radius 3 is 2.53 bits per heavy atom. The summed E-state index contributed by atoms with van der Waals surface area (Å²) in [5, 5.41) is 9.09. The second-order valence-electron chi connectivity index (χ2n) is 4.32. The third kappa shape index (κ3) is 4.57. The average Bonchev–Trinajstić information content (AvgIpc) is 2.34. The summed E-state index contributed by atoms with van der Waals surface area (Å²) in [7, 11) is 0. The van der Waals surface area contributed by atoms with E-state index in [-0.39, 0.29) is 0 Å². The first-order valence-corrected chi connectivity index (χ1v) is 6.16. The molecule has 0 saturated carbocycles. The lowest BCUT2D eigenvalue weighted by atomic mass is 10.1. The number of unbranched alkanes of at least 4 members (excludes halogenated alkanes) is 1. The fourth-order valence-corrected chi connectivity index (χ4v) is 1.74. The van der Waals surface area contributed by atoms with Crippen LogP contribution >= 0.6 is 0 Å². The van der Waals surface area contributed by atoms with Crippen LogP contribution in [0.5, 0.6) is 0 Å². The van der Waals surface area contributed by atoms with Crippen molar-refractivity contribution in [1.29, 1.82) is 0 Å². The van der Waals surface area contributed by atoms with E-state index in [1.807, 2.05) is 35.2 Å². The van der Waals surface area contributed by atoms with Crippen molar-refractivity contribution >= 4 is 5.97 Å². The molecule has 0 aliphatic rings. The molecule has 0 aliphatic heterocycles. The van der Waals surface area contributed by atoms with Gasteiger partial charge in [-0.05, 0) is 25.5 Å². The first-order chi connectivity index (χ1) is 8.15. The molecule has 17 heavy (non-hydrogen) atoms. The highest BCUT2D eigenvalue weighted by atomic mass is 16.4. The number of carboxylic acid groups (broad SMARTS) is 1. The van der Waals surface area contributed by atoms with Crippen LogP contribution in [0.1, 0.15) is 32.3 Å². The lowest BCUT2D eigenvalue weighted by Crippen LogP contribution is -2.39. The predicted molar refractivity (Wildman–Crippen MR) is 68.9 cm³/mol. The van der Waals surface area contributed by atoms with Gasteiger partial charge in [-0.1, -0.05) is 43.7 Å². The Labute approximate surface area is 103 Å². The van der Waals surface area contributed by atoms with E-state index in [1.54, 1.807) is 6.92 Å². The minimum atomic E-state index is -0.753. The lowest BCUT2D eigenvalue weighted by molar-refractivity contribution is -0.142. The largest absolute Gasteiger partial charge is 0.480 e. The smallest absolute Gasteiger partial charge is 0.320 e. The van der Waals surface area contributed by atoms with Crippen LogP contribution < -0.4 is 0 Å². The van der Waals surface area contributed by atoms with Crippen LogP contribution in [0.3, 0.4) is 0 Å². The first-order valence-electron chi connectivity index (χ1n) is 6.16. The van der Waals surface area contributed by atoms with Crippen LogP contribution in [-0.2, 0) is 11.3 Å². The fraction of sp³-hybridized carbons (Fsp3) is 0.500. The maximum absolute atomic E-state index is 11.1. The number of aliphatic carboxylic acids is 1. The molecule has 0 unspecified atom stereocenters. The summed E-state index contributed by atoms with van der Waals surface area (Å²) < 4.78 is 0. The molecule has 0 aromatic heterocycles. The molecule has 0 radical (unpaired) electrons. The monoisotopic (exact) mass is 235 g/mol.